The van der Waals surface area contributed by atoms with Crippen LogP contribution >= 0.6 is 11.6 Å². The average molecular weight is 571 g/mol. The van der Waals surface area contributed by atoms with Gasteiger partial charge in [0.05, 0.1) is 27.8 Å². The number of carbonyl (C=O) groups is 3. The summed E-state index contributed by atoms with van der Waals surface area (Å²) in [6, 6.07) is 8.22. The Kier molecular flexibility index (Phi) is 8.16. The van der Waals surface area contributed by atoms with Crippen LogP contribution in [-0.2, 0) is 14.3 Å². The minimum absolute atomic E-state index is 0.0153. The van der Waals surface area contributed by atoms with Crippen LogP contribution in [-0.4, -0.2) is 56.2 Å². The van der Waals surface area contributed by atoms with Gasteiger partial charge in [-0.2, -0.15) is 0 Å². The zero-order valence-electron chi connectivity index (χ0n) is 23.0. The molecule has 40 heavy (non-hydrogen) atoms. The summed E-state index contributed by atoms with van der Waals surface area (Å²) < 4.78 is 27.5. The standard InChI is InChI=1S/C30H31ClO9/c1-15(2)14-39-18-9-7-17(8-10-18)19(12-23(33)38-6)24-20(32)11-16(3)30(28(24)34)29(35)25-21(36-4)13-22(37-5)26(31)27(25)40-30/h7-10,13,16,19,34H,1,11-12,14H2,2-6H3/t16-,19?,30+/m1/s1. The summed E-state index contributed by atoms with van der Waals surface area (Å²) in [7, 11) is 4.02. The fourth-order valence-electron chi connectivity index (χ4n) is 5.18. The molecule has 1 spiro atoms. The molecule has 10 heteroatoms. The van der Waals surface area contributed by atoms with Crippen LogP contribution < -0.4 is 18.9 Å². The zero-order valence-corrected chi connectivity index (χ0v) is 23.7. The number of Topliss-reactive ketones (excluding diaryl/α,β-unsaturated/α-hetero) is 2. The van der Waals surface area contributed by atoms with E-state index >= 15 is 0 Å². The van der Waals surface area contributed by atoms with Crippen molar-refractivity contribution in [3.05, 3.63) is 70.0 Å². The van der Waals surface area contributed by atoms with E-state index in [4.69, 9.17) is 35.3 Å². The molecule has 0 aromatic heterocycles. The average Bonchev–Trinajstić information content (AvgIpc) is 3.25. The van der Waals surface area contributed by atoms with E-state index in [1.165, 1.54) is 27.4 Å². The number of ketones is 2. The first-order chi connectivity index (χ1) is 19.0. The molecule has 0 saturated carbocycles. The number of hydrogen-bond acceptors (Lipinski definition) is 9. The van der Waals surface area contributed by atoms with Crippen LogP contribution in [0, 0.1) is 5.92 Å². The van der Waals surface area contributed by atoms with E-state index in [0.717, 1.165) is 5.57 Å². The summed E-state index contributed by atoms with van der Waals surface area (Å²) in [5, 5.41) is 11.8. The highest BCUT2D eigenvalue weighted by atomic mass is 35.5. The van der Waals surface area contributed by atoms with Crippen LogP contribution in [0.1, 0.15) is 48.5 Å². The number of allylic oxidation sites excluding steroid dienone is 1. The molecular formula is C30H31ClO9. The van der Waals surface area contributed by atoms with E-state index in [0.29, 0.717) is 17.9 Å². The summed E-state index contributed by atoms with van der Waals surface area (Å²) in [6.07, 6.45) is -0.398. The van der Waals surface area contributed by atoms with Gasteiger partial charge in [0.15, 0.2) is 17.3 Å². The summed E-state index contributed by atoms with van der Waals surface area (Å²) in [6.45, 7) is 7.61. The molecule has 0 saturated heterocycles. The SMILES string of the molecule is C=C(C)COc1ccc(C(CC(=O)OC)C2=C(O)[C@@]3(Oc4c(Cl)c(OC)cc(OC)c4C3=O)[C@H](C)CC2=O)cc1. The van der Waals surface area contributed by atoms with Gasteiger partial charge in [0.2, 0.25) is 11.4 Å². The molecule has 0 bridgehead atoms. The first kappa shape index (κ1) is 29.0. The minimum atomic E-state index is -1.96. The van der Waals surface area contributed by atoms with E-state index in [1.807, 2.05) is 6.92 Å². The first-order valence-corrected chi connectivity index (χ1v) is 13.0. The molecule has 2 aromatic rings. The number of methoxy groups -OCH3 is 3. The predicted molar refractivity (Wildman–Crippen MR) is 147 cm³/mol. The maximum atomic E-state index is 14.1. The third-order valence-electron chi connectivity index (χ3n) is 7.23. The lowest BCUT2D eigenvalue weighted by Gasteiger charge is -2.38. The minimum Gasteiger partial charge on any atom is -0.507 e. The maximum Gasteiger partial charge on any atom is 0.306 e. The molecule has 9 nitrogen and oxygen atoms in total. The van der Waals surface area contributed by atoms with E-state index < -0.39 is 40.7 Å². The highest BCUT2D eigenvalue weighted by molar-refractivity contribution is 6.35. The van der Waals surface area contributed by atoms with Gasteiger partial charge in [0.1, 0.15) is 34.4 Å². The Morgan fingerprint density at radius 1 is 1.18 bits per heavy atom. The summed E-state index contributed by atoms with van der Waals surface area (Å²) in [5.41, 5.74) is -0.668. The highest BCUT2D eigenvalue weighted by Crippen LogP contribution is 2.55. The summed E-state index contributed by atoms with van der Waals surface area (Å²) >= 11 is 6.52. The van der Waals surface area contributed by atoms with Crippen LogP contribution in [0.4, 0.5) is 0 Å². The fourth-order valence-corrected chi connectivity index (χ4v) is 5.44. The number of rotatable bonds is 9. The van der Waals surface area contributed by atoms with Crippen molar-refractivity contribution >= 4 is 29.1 Å². The molecule has 1 N–H and O–H groups in total. The van der Waals surface area contributed by atoms with Gasteiger partial charge in [-0.1, -0.05) is 37.2 Å². The molecule has 1 heterocycles. The van der Waals surface area contributed by atoms with Crippen molar-refractivity contribution in [1.29, 1.82) is 0 Å². The zero-order chi connectivity index (χ0) is 29.4. The number of carbonyl (C=O) groups excluding carboxylic acids is 3. The van der Waals surface area contributed by atoms with E-state index in [1.54, 1.807) is 31.2 Å². The van der Waals surface area contributed by atoms with Crippen LogP contribution in [0.5, 0.6) is 23.0 Å². The highest BCUT2D eigenvalue weighted by Gasteiger charge is 2.61. The number of aliphatic hydroxyl groups is 1. The lowest BCUT2D eigenvalue weighted by molar-refractivity contribution is -0.140. The molecule has 0 amide bonds. The molecular weight excluding hydrogens is 540 g/mol. The molecule has 1 aliphatic heterocycles. The molecule has 2 aromatic carbocycles. The number of benzene rings is 2. The van der Waals surface area contributed by atoms with Crippen LogP contribution in [0.15, 0.2) is 53.8 Å². The number of esters is 1. The normalized spacial score (nSPS) is 20.6. The summed E-state index contributed by atoms with van der Waals surface area (Å²) in [5.74, 6) is -3.03. The molecule has 1 unspecified atom stereocenters. The van der Waals surface area contributed by atoms with Crippen molar-refractivity contribution < 1.29 is 43.2 Å². The first-order valence-electron chi connectivity index (χ1n) is 12.6. The number of halogens is 1. The van der Waals surface area contributed by atoms with Gasteiger partial charge in [-0.3, -0.25) is 14.4 Å². The van der Waals surface area contributed by atoms with Gasteiger partial charge in [-0.05, 0) is 30.2 Å². The Morgan fingerprint density at radius 3 is 2.40 bits per heavy atom. The Hall–Kier alpha value is -3.98. The van der Waals surface area contributed by atoms with Crippen molar-refractivity contribution in [2.75, 3.05) is 27.9 Å². The third-order valence-corrected chi connectivity index (χ3v) is 7.58. The second kappa shape index (κ2) is 11.3. The number of ether oxygens (including phenoxy) is 5. The fraction of sp³-hybridized carbons (Fsp3) is 0.367. The lowest BCUT2D eigenvalue weighted by atomic mass is 9.69. The van der Waals surface area contributed by atoms with Crippen LogP contribution in [0.3, 0.4) is 0 Å². The van der Waals surface area contributed by atoms with Crippen molar-refractivity contribution in [2.24, 2.45) is 5.92 Å². The molecule has 4 rings (SSSR count). The summed E-state index contributed by atoms with van der Waals surface area (Å²) in [4.78, 5) is 40.1. The van der Waals surface area contributed by atoms with Crippen molar-refractivity contribution in [2.45, 2.75) is 38.2 Å². The topological polar surface area (TPSA) is 118 Å². The lowest BCUT2D eigenvalue weighted by Crippen LogP contribution is -2.53. The number of fused-ring (bicyclic) bond motifs is 1. The van der Waals surface area contributed by atoms with Gasteiger partial charge >= 0.3 is 5.97 Å². The molecule has 212 valence electrons. The number of hydrogen-bond donors (Lipinski definition) is 1. The van der Waals surface area contributed by atoms with E-state index in [-0.39, 0.29) is 46.2 Å². The Balaban J connectivity index is 1.87. The van der Waals surface area contributed by atoms with Gasteiger partial charge in [-0.25, -0.2) is 0 Å². The largest absolute Gasteiger partial charge is 0.507 e. The molecule has 0 fully saturated rings. The second-order valence-electron chi connectivity index (χ2n) is 9.90. The van der Waals surface area contributed by atoms with E-state index in [2.05, 4.69) is 6.58 Å². The van der Waals surface area contributed by atoms with Crippen molar-refractivity contribution in [1.82, 2.24) is 0 Å². The maximum absolute atomic E-state index is 14.1. The molecule has 0 radical (unpaired) electrons. The van der Waals surface area contributed by atoms with Gasteiger partial charge in [0, 0.05) is 29.9 Å². The van der Waals surface area contributed by atoms with Gasteiger partial charge in [-0.15, -0.1) is 0 Å². The molecule has 2 aliphatic rings. The van der Waals surface area contributed by atoms with Crippen molar-refractivity contribution in [3.63, 3.8) is 0 Å². The van der Waals surface area contributed by atoms with Crippen LogP contribution in [0.25, 0.3) is 0 Å². The monoisotopic (exact) mass is 570 g/mol. The van der Waals surface area contributed by atoms with Gasteiger partial charge in [0.25, 0.3) is 0 Å². The van der Waals surface area contributed by atoms with Crippen molar-refractivity contribution in [3.8, 4) is 23.0 Å². The third kappa shape index (κ3) is 4.79. The van der Waals surface area contributed by atoms with Gasteiger partial charge < -0.3 is 28.8 Å². The van der Waals surface area contributed by atoms with Crippen LogP contribution in [0.2, 0.25) is 5.02 Å². The Bertz CT molecular complexity index is 1410. The Morgan fingerprint density at radius 2 is 1.82 bits per heavy atom. The smallest absolute Gasteiger partial charge is 0.306 e. The molecule has 3 atom stereocenters. The predicted octanol–water partition coefficient (Wildman–Crippen LogP) is 5.39. The Labute approximate surface area is 237 Å². The number of aliphatic hydroxyl groups excluding tert-OH is 1. The second-order valence-corrected chi connectivity index (χ2v) is 10.3. The molecule has 1 aliphatic carbocycles. The quantitative estimate of drug-likeness (QED) is 0.312. The van der Waals surface area contributed by atoms with E-state index in [9.17, 15) is 19.5 Å².